The number of hydrogen-bond donors (Lipinski definition) is 1. The molecule has 1 saturated heterocycles. The van der Waals surface area contributed by atoms with E-state index in [9.17, 15) is 14.4 Å². The zero-order valence-corrected chi connectivity index (χ0v) is 20.9. The summed E-state index contributed by atoms with van der Waals surface area (Å²) in [4.78, 5) is 14.2. The van der Waals surface area contributed by atoms with Crippen molar-refractivity contribution < 1.29 is 13.9 Å². The van der Waals surface area contributed by atoms with Crippen LogP contribution in [-0.2, 0) is 11.3 Å². The first-order valence-corrected chi connectivity index (χ1v) is 12.2. The van der Waals surface area contributed by atoms with Crippen LogP contribution in [0, 0.1) is 17.1 Å². The number of nitrogens with two attached hydrogens (primary N) is 1. The lowest BCUT2D eigenvalue weighted by atomic mass is 10.0. The number of amides is 1. The van der Waals surface area contributed by atoms with Crippen molar-refractivity contribution in [2.24, 2.45) is 0 Å². The molecule has 3 heterocycles. The van der Waals surface area contributed by atoms with Crippen LogP contribution in [0.25, 0.3) is 11.3 Å². The number of nitrogens with zero attached hydrogens (tertiary/aromatic N) is 6. The van der Waals surface area contributed by atoms with Crippen LogP contribution in [0.5, 0.6) is 0 Å². The fourth-order valence-electron chi connectivity index (χ4n) is 4.43. The van der Waals surface area contributed by atoms with E-state index >= 15 is 0 Å². The molecule has 0 atom stereocenters. The Balaban J connectivity index is 1.48. The first-order valence-electron chi connectivity index (χ1n) is 12.2. The Hall–Kier alpha value is -3.87. The molecule has 0 radical (unpaired) electrons. The monoisotopic (exact) mass is 493 g/mol. The molecule has 1 fully saturated rings. The average molecular weight is 494 g/mol. The number of aromatic nitrogens is 4. The van der Waals surface area contributed by atoms with E-state index in [1.54, 1.807) is 32.6 Å². The lowest BCUT2D eigenvalue weighted by Crippen LogP contribution is -2.39. The third kappa shape index (κ3) is 5.85. The van der Waals surface area contributed by atoms with E-state index in [-0.39, 0.29) is 18.0 Å². The van der Waals surface area contributed by atoms with Gasteiger partial charge < -0.3 is 15.4 Å². The smallest absolute Gasteiger partial charge is 0.410 e. The van der Waals surface area contributed by atoms with Crippen LogP contribution < -0.4 is 5.73 Å². The normalized spacial score (nSPS) is 15.2. The van der Waals surface area contributed by atoms with Gasteiger partial charge in [0.1, 0.15) is 34.6 Å². The summed E-state index contributed by atoms with van der Waals surface area (Å²) in [5.74, 6) is 0.0553. The van der Waals surface area contributed by atoms with Crippen LogP contribution >= 0.6 is 0 Å². The van der Waals surface area contributed by atoms with Gasteiger partial charge in [0.05, 0.1) is 18.8 Å². The molecule has 36 heavy (non-hydrogen) atoms. The summed E-state index contributed by atoms with van der Waals surface area (Å²) >= 11 is 0. The van der Waals surface area contributed by atoms with Gasteiger partial charge in [-0.2, -0.15) is 15.5 Å². The van der Waals surface area contributed by atoms with E-state index in [2.05, 4.69) is 11.2 Å². The maximum absolute atomic E-state index is 13.2. The average Bonchev–Trinajstić information content (AvgIpc) is 3.38. The van der Waals surface area contributed by atoms with Crippen LogP contribution in [0.2, 0.25) is 0 Å². The predicted molar refractivity (Wildman–Crippen MR) is 133 cm³/mol. The molecule has 190 valence electrons. The van der Waals surface area contributed by atoms with Gasteiger partial charge in [-0.05, 0) is 64.2 Å². The van der Waals surface area contributed by atoms with E-state index in [0.29, 0.717) is 42.3 Å². The van der Waals surface area contributed by atoms with Crippen molar-refractivity contribution in [1.82, 2.24) is 24.5 Å². The van der Waals surface area contributed by atoms with Gasteiger partial charge in [-0.25, -0.2) is 13.9 Å². The number of nitriles is 1. The lowest BCUT2D eigenvalue weighted by Gasteiger charge is -2.30. The first-order chi connectivity index (χ1) is 17.1. The molecule has 1 aliphatic rings. The Kier molecular flexibility index (Phi) is 7.29. The van der Waals surface area contributed by atoms with Crippen molar-refractivity contribution in [3.63, 3.8) is 0 Å². The highest BCUT2D eigenvalue weighted by atomic mass is 19.1. The third-order valence-electron chi connectivity index (χ3n) is 6.15. The Labute approximate surface area is 210 Å². The van der Waals surface area contributed by atoms with E-state index in [1.807, 2.05) is 27.0 Å². The zero-order valence-electron chi connectivity index (χ0n) is 20.9. The summed E-state index contributed by atoms with van der Waals surface area (Å²) in [7, 11) is 0. The van der Waals surface area contributed by atoms with E-state index in [0.717, 1.165) is 31.2 Å². The minimum Gasteiger partial charge on any atom is -0.444 e. The molecule has 1 aromatic carbocycles. The molecule has 1 amide bonds. The second-order valence-electron chi connectivity index (χ2n) is 10.1. The highest BCUT2D eigenvalue weighted by Crippen LogP contribution is 2.32. The molecule has 4 rings (SSSR count). The van der Waals surface area contributed by atoms with Crippen molar-refractivity contribution in [1.29, 1.82) is 5.26 Å². The summed E-state index contributed by atoms with van der Waals surface area (Å²) in [5.41, 5.74) is 8.30. The molecule has 9 nitrogen and oxygen atoms in total. The zero-order chi connectivity index (χ0) is 25.9. The Bertz CT molecular complexity index is 1240. The molecule has 3 aromatic rings. The number of halogens is 1. The molecule has 0 spiro atoms. The Morgan fingerprint density at radius 3 is 2.50 bits per heavy atom. The molecular weight excluding hydrogens is 461 g/mol. The third-order valence-corrected chi connectivity index (χ3v) is 6.15. The van der Waals surface area contributed by atoms with E-state index in [4.69, 9.17) is 15.6 Å². The Morgan fingerprint density at radius 1 is 1.22 bits per heavy atom. The van der Waals surface area contributed by atoms with E-state index in [1.165, 1.54) is 12.1 Å². The molecule has 10 heteroatoms. The molecule has 0 unspecified atom stereocenters. The van der Waals surface area contributed by atoms with Gasteiger partial charge in [0.2, 0.25) is 0 Å². The molecule has 2 aromatic heterocycles. The number of anilines is 1. The largest absolute Gasteiger partial charge is 0.444 e. The van der Waals surface area contributed by atoms with Crippen molar-refractivity contribution in [3.05, 3.63) is 53.6 Å². The molecule has 0 saturated carbocycles. The molecule has 2 N–H and O–H groups in total. The summed E-state index contributed by atoms with van der Waals surface area (Å²) in [6, 6.07) is 8.48. The number of nitrogen functional groups attached to an aromatic ring is 1. The van der Waals surface area contributed by atoms with Gasteiger partial charge in [-0.3, -0.25) is 4.68 Å². The lowest BCUT2D eigenvalue weighted by molar-refractivity contribution is 0.0228. The molecule has 1 aliphatic heterocycles. The van der Waals surface area contributed by atoms with Crippen LogP contribution in [-0.4, -0.2) is 49.2 Å². The first kappa shape index (κ1) is 25.2. The minimum absolute atomic E-state index is 0.0286. The van der Waals surface area contributed by atoms with Gasteiger partial charge in [0, 0.05) is 24.8 Å². The SMILES string of the molecule is CC(C)(C)OC(=O)N1CCCC(n2nc(-c3cnn(Cc4ccc(F)cc4)c3)c(C#N)c2N)CCC1. The van der Waals surface area contributed by atoms with Gasteiger partial charge in [0.15, 0.2) is 0 Å². The summed E-state index contributed by atoms with van der Waals surface area (Å²) in [5, 5.41) is 19.0. The molecule has 0 aliphatic carbocycles. The number of hydrogen-bond acceptors (Lipinski definition) is 6. The Morgan fingerprint density at radius 2 is 1.89 bits per heavy atom. The number of carbonyl (C=O) groups is 1. The van der Waals surface area contributed by atoms with Gasteiger partial charge in [-0.1, -0.05) is 12.1 Å². The van der Waals surface area contributed by atoms with Gasteiger partial charge >= 0.3 is 6.09 Å². The molecule has 0 bridgehead atoms. The quantitative estimate of drug-likeness (QED) is 0.561. The minimum atomic E-state index is -0.525. The summed E-state index contributed by atoms with van der Waals surface area (Å²) in [6.45, 7) is 7.25. The topological polar surface area (TPSA) is 115 Å². The number of likely N-dealkylation sites (tertiary alicyclic amines) is 1. The second-order valence-corrected chi connectivity index (χ2v) is 10.1. The number of ether oxygens (including phenoxy) is 1. The van der Waals surface area contributed by atoms with Crippen molar-refractivity contribution in [2.45, 2.75) is 64.6 Å². The highest BCUT2D eigenvalue weighted by Gasteiger charge is 2.27. The standard InChI is InChI=1S/C26H32FN7O2/c1-26(2,3)36-25(35)32-12-4-6-21(7-5-13-32)34-24(29)22(14-28)23(31-34)19-15-30-33(17-19)16-18-8-10-20(27)11-9-18/h8-11,15,17,21H,4-7,12-13,16,29H2,1-3H3. The van der Waals surface area contributed by atoms with Crippen LogP contribution in [0.1, 0.15) is 63.6 Å². The van der Waals surface area contributed by atoms with Crippen molar-refractivity contribution in [2.75, 3.05) is 18.8 Å². The van der Waals surface area contributed by atoms with Crippen molar-refractivity contribution in [3.8, 4) is 17.3 Å². The van der Waals surface area contributed by atoms with Crippen LogP contribution in [0.4, 0.5) is 15.0 Å². The van der Waals surface area contributed by atoms with Crippen LogP contribution in [0.3, 0.4) is 0 Å². The highest BCUT2D eigenvalue weighted by molar-refractivity contribution is 5.72. The number of rotatable bonds is 4. The summed E-state index contributed by atoms with van der Waals surface area (Å²) in [6.07, 6.45) is 6.29. The fraction of sp³-hybridized carbons (Fsp3) is 0.462. The van der Waals surface area contributed by atoms with Gasteiger partial charge in [-0.15, -0.1) is 0 Å². The summed E-state index contributed by atoms with van der Waals surface area (Å²) < 4.78 is 22.2. The second kappa shape index (κ2) is 10.4. The van der Waals surface area contributed by atoms with Gasteiger partial charge in [0.25, 0.3) is 0 Å². The maximum Gasteiger partial charge on any atom is 0.410 e. The predicted octanol–water partition coefficient (Wildman–Crippen LogP) is 4.74. The number of benzene rings is 1. The van der Waals surface area contributed by atoms with Crippen molar-refractivity contribution >= 4 is 11.9 Å². The molecular formula is C26H32FN7O2. The van der Waals surface area contributed by atoms with E-state index < -0.39 is 5.60 Å². The van der Waals surface area contributed by atoms with Crippen LogP contribution in [0.15, 0.2) is 36.7 Å². The fourth-order valence-corrected chi connectivity index (χ4v) is 4.43. The number of carbonyl (C=O) groups excluding carboxylic acids is 1. The maximum atomic E-state index is 13.2.